The van der Waals surface area contributed by atoms with Gasteiger partial charge in [-0.2, -0.15) is 5.26 Å². The van der Waals surface area contributed by atoms with Crippen molar-refractivity contribution in [2.45, 2.75) is 214 Å². The largest absolute Gasteiger partial charge is 0.488 e. The molecule has 62 heavy (non-hydrogen) atoms. The molecular formula is C56H78N2O4. The first-order chi connectivity index (χ1) is 27.8. The van der Waals surface area contributed by atoms with Crippen LogP contribution in [0.15, 0.2) is 24.3 Å². The maximum absolute atomic E-state index is 12.0. The minimum Gasteiger partial charge on any atom is -0.488 e. The highest BCUT2D eigenvalue weighted by molar-refractivity contribution is 5.66. The third kappa shape index (κ3) is 3.80. The Hall–Kier alpha value is -2.75. The van der Waals surface area contributed by atoms with Crippen LogP contribution in [-0.2, 0) is 23.7 Å². The van der Waals surface area contributed by atoms with Crippen LogP contribution < -0.4 is 9.47 Å². The molecule has 9 saturated carbocycles. The number of ether oxygens (including phenoxy) is 2. The van der Waals surface area contributed by atoms with E-state index < -0.39 is 11.2 Å². The van der Waals surface area contributed by atoms with E-state index >= 15 is 0 Å². The minimum atomic E-state index is -0.803. The first-order valence-electron chi connectivity index (χ1n) is 24.1. The van der Waals surface area contributed by atoms with E-state index in [1.165, 1.54) is 66.5 Å². The maximum atomic E-state index is 12.0. The van der Waals surface area contributed by atoms with Crippen molar-refractivity contribution in [2.24, 2.45) is 55.7 Å². The van der Waals surface area contributed by atoms with Gasteiger partial charge in [0.2, 0.25) is 0 Å². The number of benzene rings is 2. The second-order valence-electron chi connectivity index (χ2n) is 26.9. The number of hydrogen-bond donors (Lipinski definition) is 2. The SMILES string of the molecule is C.C.Cc1ccc2c3c1OC1C4(C)CCC5(CC4C(C)(O)C(C)(C)C)[C@@H]4C[C@]4(C2)C[C@]315.Cc1ccc2c3c1OC1C4(C)CCC5(CC4C(C)(O)C(C)(C)C)[C@@H]4N(C#N)[C@]4(C2)C[C@]315. The molecule has 0 aromatic heterocycles. The fourth-order valence-corrected chi connectivity index (χ4v) is 19.9. The lowest BCUT2D eigenvalue weighted by Crippen LogP contribution is -2.73. The van der Waals surface area contributed by atoms with Crippen LogP contribution >= 0.6 is 0 Å². The van der Waals surface area contributed by atoms with Gasteiger partial charge in [-0.3, -0.25) is 4.90 Å². The van der Waals surface area contributed by atoms with Gasteiger partial charge in [0.05, 0.1) is 22.8 Å². The molecule has 0 amide bonds. The Kier molecular flexibility index (Phi) is 7.38. The van der Waals surface area contributed by atoms with Gasteiger partial charge in [-0.1, -0.05) is 94.5 Å². The predicted molar refractivity (Wildman–Crippen MR) is 245 cm³/mol. The Morgan fingerprint density at radius 3 is 1.63 bits per heavy atom. The van der Waals surface area contributed by atoms with Crippen LogP contribution in [0.3, 0.4) is 0 Å². The van der Waals surface area contributed by atoms with Crippen molar-refractivity contribution in [3.05, 3.63) is 57.6 Å². The lowest BCUT2D eigenvalue weighted by Gasteiger charge is -2.70. The summed E-state index contributed by atoms with van der Waals surface area (Å²) in [6, 6.07) is 9.58. The second-order valence-corrected chi connectivity index (χ2v) is 26.9. The molecular weight excluding hydrogens is 765 g/mol. The van der Waals surface area contributed by atoms with Gasteiger partial charge in [-0.15, -0.1) is 0 Å². The lowest BCUT2D eigenvalue weighted by molar-refractivity contribution is -0.246. The van der Waals surface area contributed by atoms with Crippen LogP contribution in [0.4, 0.5) is 0 Å². The number of nitriles is 1. The van der Waals surface area contributed by atoms with Crippen LogP contribution in [0, 0.1) is 81.0 Å². The van der Waals surface area contributed by atoms with Crippen molar-refractivity contribution in [1.29, 1.82) is 5.26 Å². The van der Waals surface area contributed by atoms with Gasteiger partial charge in [-0.05, 0) is 160 Å². The summed E-state index contributed by atoms with van der Waals surface area (Å²) in [6.07, 6.45) is 16.0. The lowest BCUT2D eigenvalue weighted by atomic mass is 9.35. The number of likely N-dealkylation sites (tertiary alicyclic amines) is 1. The van der Waals surface area contributed by atoms with E-state index in [0.29, 0.717) is 22.8 Å². The van der Waals surface area contributed by atoms with Gasteiger partial charge in [0.15, 0.2) is 6.19 Å². The minimum absolute atomic E-state index is 0. The summed E-state index contributed by atoms with van der Waals surface area (Å²) in [5, 5.41) is 34.1. The summed E-state index contributed by atoms with van der Waals surface area (Å²) in [7, 11) is 0. The molecule has 2 aromatic rings. The van der Waals surface area contributed by atoms with Crippen LogP contribution in [0.25, 0.3) is 0 Å². The fraction of sp³-hybridized carbons (Fsp3) is 0.768. The number of aliphatic hydroxyl groups is 2. The molecule has 8 bridgehead atoms. The molecule has 3 heterocycles. The van der Waals surface area contributed by atoms with Crippen LogP contribution in [0.2, 0.25) is 0 Å². The predicted octanol–water partition coefficient (Wildman–Crippen LogP) is 11.3. The highest BCUT2D eigenvalue weighted by Gasteiger charge is 2.93. The molecule has 10 fully saturated rings. The van der Waals surface area contributed by atoms with Crippen LogP contribution in [-0.4, -0.2) is 50.1 Å². The van der Waals surface area contributed by atoms with E-state index in [9.17, 15) is 15.5 Å². The zero-order chi connectivity index (χ0) is 42.4. The van der Waals surface area contributed by atoms with Crippen molar-refractivity contribution < 1.29 is 19.7 Å². The van der Waals surface area contributed by atoms with E-state index in [1.54, 1.807) is 11.1 Å². The van der Waals surface area contributed by atoms with Crippen molar-refractivity contribution in [1.82, 2.24) is 4.90 Å². The smallest absolute Gasteiger partial charge is 0.180 e. The Morgan fingerprint density at radius 1 is 0.661 bits per heavy atom. The molecule has 2 aromatic carbocycles. The average Bonchev–Trinajstić information content (AvgIpc) is 3.77. The fourth-order valence-electron chi connectivity index (χ4n) is 19.9. The number of piperidine rings is 1. The Balaban J connectivity index is 0.000000135. The molecule has 6 spiro atoms. The summed E-state index contributed by atoms with van der Waals surface area (Å²) in [4.78, 5) is 2.15. The highest BCUT2D eigenvalue weighted by atomic mass is 16.5. The van der Waals surface area contributed by atoms with E-state index in [2.05, 4.69) is 118 Å². The van der Waals surface area contributed by atoms with Crippen molar-refractivity contribution in [3.63, 3.8) is 0 Å². The van der Waals surface area contributed by atoms with Gasteiger partial charge in [-0.25, -0.2) is 0 Å². The maximum Gasteiger partial charge on any atom is 0.180 e. The summed E-state index contributed by atoms with van der Waals surface area (Å²) in [5.74, 6) is 3.67. The van der Waals surface area contributed by atoms with E-state index in [1.807, 2.05) is 0 Å². The van der Waals surface area contributed by atoms with Gasteiger partial charge >= 0.3 is 0 Å². The standard InChI is InChI=1S/C27H34N2O2.C27H36O2.2CH4/c1-15-7-8-16-11-26-13-27-18(16)19(15)31-21(27)23(5)9-10-25(27,20(26)29(26)14-28)12-17(23)24(6,30)22(2,3)4;1-15-7-8-16-11-25-12-18(25)26-10-9-23(5,17(13-26)24(6,28)22(2,3)4)21-27(26,14-25)19(16)20(15)29-21;;/h7-8,17,20-21,30H,9-13H2,1-6H3;7-8,17-18,21,28H,9-14H2,1-6H3;2*1H4/t17?,20-,21?,23?,24?,25?,26+,27-,29?;17?,18-,21?,23?,24?,25-,26?,27+;;/m01../s1. The van der Waals surface area contributed by atoms with Crippen molar-refractivity contribution in [3.8, 4) is 17.7 Å². The average molecular weight is 843 g/mol. The van der Waals surface area contributed by atoms with E-state index in [-0.39, 0.29) is 76.4 Å². The number of fused-ring (bicyclic) bond motifs is 4. The number of rotatable bonds is 2. The molecule has 6 nitrogen and oxygen atoms in total. The first kappa shape index (κ1) is 41.9. The molecule has 16 atom stereocenters. The zero-order valence-corrected chi connectivity index (χ0v) is 38.7. The molecule has 0 radical (unpaired) electrons. The molecule has 2 N–H and O–H groups in total. The molecule has 16 rings (SSSR count). The number of nitrogens with zero attached hydrogens (tertiary/aromatic N) is 2. The monoisotopic (exact) mass is 843 g/mol. The number of hydrogen-bond acceptors (Lipinski definition) is 6. The van der Waals surface area contributed by atoms with E-state index in [0.717, 1.165) is 43.8 Å². The first-order valence-corrected chi connectivity index (χ1v) is 24.1. The molecule has 11 aliphatic carbocycles. The summed E-state index contributed by atoms with van der Waals surface area (Å²) in [5.41, 5.74) is 7.95. The quantitative estimate of drug-likeness (QED) is 0.231. The van der Waals surface area contributed by atoms with Crippen LogP contribution in [0.1, 0.15) is 175 Å². The van der Waals surface area contributed by atoms with Crippen molar-refractivity contribution >= 4 is 0 Å². The van der Waals surface area contributed by atoms with E-state index in [4.69, 9.17) is 9.47 Å². The third-order valence-corrected chi connectivity index (χ3v) is 23.4. The molecule has 3 aliphatic heterocycles. The summed E-state index contributed by atoms with van der Waals surface area (Å²) < 4.78 is 14.1. The Bertz CT molecular complexity index is 2430. The molecule has 6 heteroatoms. The third-order valence-electron chi connectivity index (χ3n) is 23.4. The summed E-state index contributed by atoms with van der Waals surface area (Å²) in [6.45, 7) is 26.7. The highest BCUT2D eigenvalue weighted by Crippen LogP contribution is 2.91. The summed E-state index contributed by atoms with van der Waals surface area (Å²) >= 11 is 0. The molecule has 336 valence electrons. The van der Waals surface area contributed by atoms with Crippen molar-refractivity contribution in [2.75, 3.05) is 0 Å². The molecule has 10 unspecified atom stereocenters. The van der Waals surface area contributed by atoms with Gasteiger partial charge < -0.3 is 19.7 Å². The van der Waals surface area contributed by atoms with Gasteiger partial charge in [0.1, 0.15) is 23.7 Å². The van der Waals surface area contributed by atoms with Crippen LogP contribution in [0.5, 0.6) is 11.5 Å². The second kappa shape index (κ2) is 10.9. The van der Waals surface area contributed by atoms with Gasteiger partial charge in [0, 0.05) is 38.2 Å². The number of aryl methyl sites for hydroxylation is 2. The molecule has 14 aliphatic rings. The molecule has 1 saturated heterocycles. The topological polar surface area (TPSA) is 85.7 Å². The Labute approximate surface area is 373 Å². The Morgan fingerprint density at radius 2 is 1.13 bits per heavy atom. The van der Waals surface area contributed by atoms with Gasteiger partial charge in [0.25, 0.3) is 0 Å². The normalized spacial score (nSPS) is 48.8. The zero-order valence-electron chi connectivity index (χ0n) is 38.7.